The van der Waals surface area contributed by atoms with Crippen LogP contribution < -0.4 is 0 Å². The maximum absolute atomic E-state index is 9.45. The summed E-state index contributed by atoms with van der Waals surface area (Å²) in [5.41, 5.74) is -0.352. The van der Waals surface area contributed by atoms with Gasteiger partial charge in [0.15, 0.2) is 0 Å². The normalized spacial score (nSPS) is 18.8. The van der Waals surface area contributed by atoms with Gasteiger partial charge in [0.1, 0.15) is 0 Å². The predicted octanol–water partition coefficient (Wildman–Crippen LogP) is 2.35. The molecule has 0 aliphatic carbocycles. The molecule has 1 N–H and O–H groups in total. The molecule has 2 atom stereocenters. The smallest absolute Gasteiger partial charge is 0.0906 e. The second-order valence-electron chi connectivity index (χ2n) is 3.54. The van der Waals surface area contributed by atoms with Crippen molar-refractivity contribution in [2.45, 2.75) is 58.7 Å². The third kappa shape index (κ3) is 3.55. The average molecular weight is 174 g/mol. The Morgan fingerprint density at radius 2 is 2.00 bits per heavy atom. The molecule has 0 aliphatic heterocycles. The Labute approximate surface area is 75.9 Å². The summed E-state index contributed by atoms with van der Waals surface area (Å²) in [7, 11) is 0. The van der Waals surface area contributed by atoms with Crippen molar-refractivity contribution in [1.29, 1.82) is 0 Å². The summed E-state index contributed by atoms with van der Waals surface area (Å²) >= 11 is 0. The second kappa shape index (κ2) is 5.55. The van der Waals surface area contributed by atoms with Crippen LogP contribution >= 0.6 is 0 Å². The molecule has 12 heavy (non-hydrogen) atoms. The molecule has 74 valence electrons. The lowest BCUT2D eigenvalue weighted by molar-refractivity contribution is -0.108. The van der Waals surface area contributed by atoms with Crippen LogP contribution in [-0.2, 0) is 4.74 Å². The molecule has 0 saturated carbocycles. The lowest BCUT2D eigenvalue weighted by Gasteiger charge is -2.31. The van der Waals surface area contributed by atoms with Crippen molar-refractivity contribution in [3.05, 3.63) is 0 Å². The van der Waals surface area contributed by atoms with E-state index in [-0.39, 0.29) is 11.7 Å². The minimum atomic E-state index is -0.389. The topological polar surface area (TPSA) is 29.5 Å². The molecule has 0 aliphatic rings. The van der Waals surface area contributed by atoms with E-state index in [4.69, 9.17) is 4.74 Å². The highest BCUT2D eigenvalue weighted by Crippen LogP contribution is 2.20. The highest BCUT2D eigenvalue weighted by atomic mass is 16.5. The molecule has 0 spiro atoms. The Kier molecular flexibility index (Phi) is 5.51. The highest BCUT2D eigenvalue weighted by molar-refractivity contribution is 4.79. The number of rotatable bonds is 6. The maximum atomic E-state index is 9.45. The first-order valence-corrected chi connectivity index (χ1v) is 4.88. The van der Waals surface area contributed by atoms with Crippen molar-refractivity contribution in [2.75, 3.05) is 6.61 Å². The number of hydrogen-bond acceptors (Lipinski definition) is 2. The zero-order valence-electron chi connectivity index (χ0n) is 8.76. The lowest BCUT2D eigenvalue weighted by atomic mass is 9.97. The van der Waals surface area contributed by atoms with E-state index in [1.54, 1.807) is 6.92 Å². The first kappa shape index (κ1) is 11.9. The fourth-order valence-electron chi connectivity index (χ4n) is 0.968. The Morgan fingerprint density at radius 1 is 1.42 bits per heavy atom. The van der Waals surface area contributed by atoms with Crippen molar-refractivity contribution in [3.63, 3.8) is 0 Å². The SMILES string of the molecule is CCCCOC(C)(CC)C(C)O. The van der Waals surface area contributed by atoms with Gasteiger partial charge in [0.2, 0.25) is 0 Å². The minimum absolute atomic E-state index is 0.352. The first-order chi connectivity index (χ1) is 5.56. The van der Waals surface area contributed by atoms with Gasteiger partial charge < -0.3 is 9.84 Å². The Morgan fingerprint density at radius 3 is 2.33 bits per heavy atom. The van der Waals surface area contributed by atoms with E-state index >= 15 is 0 Å². The summed E-state index contributed by atoms with van der Waals surface area (Å²) < 4.78 is 5.63. The fraction of sp³-hybridized carbons (Fsp3) is 1.00. The molecule has 0 fully saturated rings. The molecule has 0 aromatic carbocycles. The zero-order valence-corrected chi connectivity index (χ0v) is 8.76. The van der Waals surface area contributed by atoms with Gasteiger partial charge in [0, 0.05) is 6.61 Å². The average Bonchev–Trinajstić information content (AvgIpc) is 2.04. The zero-order chi connectivity index (χ0) is 9.61. The molecular formula is C10H22O2. The van der Waals surface area contributed by atoms with Gasteiger partial charge >= 0.3 is 0 Å². The molecule has 0 heterocycles. The van der Waals surface area contributed by atoms with Gasteiger partial charge in [-0.15, -0.1) is 0 Å². The summed E-state index contributed by atoms with van der Waals surface area (Å²) in [6.07, 6.45) is 2.68. The number of hydrogen-bond donors (Lipinski definition) is 1. The van der Waals surface area contributed by atoms with Gasteiger partial charge in [-0.05, 0) is 26.7 Å². The third-order valence-corrected chi connectivity index (χ3v) is 2.52. The van der Waals surface area contributed by atoms with Crippen LogP contribution in [0.5, 0.6) is 0 Å². The molecule has 0 rings (SSSR count). The molecule has 2 nitrogen and oxygen atoms in total. The van der Waals surface area contributed by atoms with Crippen molar-refractivity contribution in [1.82, 2.24) is 0 Å². The van der Waals surface area contributed by atoms with Crippen LogP contribution in [0.1, 0.15) is 47.0 Å². The molecule has 0 radical (unpaired) electrons. The van der Waals surface area contributed by atoms with E-state index in [1.165, 1.54) is 0 Å². The molecule has 0 aromatic rings. The maximum Gasteiger partial charge on any atom is 0.0906 e. The molecule has 2 unspecified atom stereocenters. The quantitative estimate of drug-likeness (QED) is 0.626. The van der Waals surface area contributed by atoms with E-state index in [2.05, 4.69) is 6.92 Å². The minimum Gasteiger partial charge on any atom is -0.390 e. The summed E-state index contributed by atoms with van der Waals surface area (Å²) in [4.78, 5) is 0. The van der Waals surface area contributed by atoms with Crippen LogP contribution in [0.3, 0.4) is 0 Å². The van der Waals surface area contributed by atoms with Crippen molar-refractivity contribution in [3.8, 4) is 0 Å². The summed E-state index contributed by atoms with van der Waals surface area (Å²) in [5.74, 6) is 0. The van der Waals surface area contributed by atoms with Gasteiger partial charge in [-0.2, -0.15) is 0 Å². The predicted molar refractivity (Wildman–Crippen MR) is 51.2 cm³/mol. The molecule has 2 heteroatoms. The highest BCUT2D eigenvalue weighted by Gasteiger charge is 2.28. The Balaban J connectivity index is 3.80. The van der Waals surface area contributed by atoms with Crippen LogP contribution in [0, 0.1) is 0 Å². The first-order valence-electron chi connectivity index (χ1n) is 4.88. The molecule has 0 aromatic heterocycles. The molecular weight excluding hydrogens is 152 g/mol. The van der Waals surface area contributed by atoms with E-state index in [0.29, 0.717) is 0 Å². The van der Waals surface area contributed by atoms with E-state index in [1.807, 2.05) is 13.8 Å². The van der Waals surface area contributed by atoms with Crippen molar-refractivity contribution < 1.29 is 9.84 Å². The summed E-state index contributed by atoms with van der Waals surface area (Å²) in [5, 5.41) is 9.45. The van der Waals surface area contributed by atoms with Gasteiger partial charge in [-0.25, -0.2) is 0 Å². The van der Waals surface area contributed by atoms with Crippen LogP contribution in [0.25, 0.3) is 0 Å². The van der Waals surface area contributed by atoms with Gasteiger partial charge in [0.05, 0.1) is 11.7 Å². The standard InChI is InChI=1S/C10H22O2/c1-5-7-8-12-10(4,6-2)9(3)11/h9,11H,5-8H2,1-4H3. The molecule has 0 saturated heterocycles. The lowest BCUT2D eigenvalue weighted by Crippen LogP contribution is -2.39. The third-order valence-electron chi connectivity index (χ3n) is 2.52. The van der Waals surface area contributed by atoms with E-state index in [0.717, 1.165) is 25.9 Å². The van der Waals surface area contributed by atoms with Crippen molar-refractivity contribution in [2.24, 2.45) is 0 Å². The van der Waals surface area contributed by atoms with Crippen molar-refractivity contribution >= 4 is 0 Å². The van der Waals surface area contributed by atoms with Gasteiger partial charge in [0.25, 0.3) is 0 Å². The number of aliphatic hydroxyl groups is 1. The van der Waals surface area contributed by atoms with Gasteiger partial charge in [-0.1, -0.05) is 20.3 Å². The Bertz CT molecular complexity index is 112. The fourth-order valence-corrected chi connectivity index (χ4v) is 0.968. The second-order valence-corrected chi connectivity index (χ2v) is 3.54. The van der Waals surface area contributed by atoms with E-state index in [9.17, 15) is 5.11 Å². The largest absolute Gasteiger partial charge is 0.390 e. The number of unbranched alkanes of at least 4 members (excludes halogenated alkanes) is 1. The van der Waals surface area contributed by atoms with Gasteiger partial charge in [-0.3, -0.25) is 0 Å². The Hall–Kier alpha value is -0.0800. The monoisotopic (exact) mass is 174 g/mol. The van der Waals surface area contributed by atoms with Crippen LogP contribution in [0.4, 0.5) is 0 Å². The van der Waals surface area contributed by atoms with E-state index < -0.39 is 0 Å². The number of ether oxygens (including phenoxy) is 1. The van der Waals surface area contributed by atoms with Crippen LogP contribution in [0.15, 0.2) is 0 Å². The molecule has 0 amide bonds. The molecule has 0 bridgehead atoms. The number of aliphatic hydroxyl groups excluding tert-OH is 1. The van der Waals surface area contributed by atoms with Crippen LogP contribution in [0.2, 0.25) is 0 Å². The summed E-state index contributed by atoms with van der Waals surface area (Å²) in [6.45, 7) is 8.68. The summed E-state index contributed by atoms with van der Waals surface area (Å²) in [6, 6.07) is 0. The van der Waals surface area contributed by atoms with Crippen LogP contribution in [-0.4, -0.2) is 23.4 Å².